The van der Waals surface area contributed by atoms with E-state index in [2.05, 4.69) is 29.6 Å². The summed E-state index contributed by atoms with van der Waals surface area (Å²) in [5.41, 5.74) is 5.93. The van der Waals surface area contributed by atoms with Crippen molar-refractivity contribution in [3.05, 3.63) is 106 Å². The number of hydrogen-bond donors (Lipinski definition) is 2. The van der Waals surface area contributed by atoms with E-state index in [4.69, 9.17) is 0 Å². The van der Waals surface area contributed by atoms with Gasteiger partial charge in [0.15, 0.2) is 0 Å². The van der Waals surface area contributed by atoms with Gasteiger partial charge < -0.3 is 15.0 Å². The lowest BCUT2D eigenvalue weighted by atomic mass is 10.1. The fourth-order valence-electron chi connectivity index (χ4n) is 3.97. The van der Waals surface area contributed by atoms with E-state index >= 15 is 0 Å². The highest BCUT2D eigenvalue weighted by atomic mass is 19.1. The Kier molecular flexibility index (Phi) is 5.87. The number of aromatic carboxylic acids is 1. The molecule has 0 aliphatic heterocycles. The van der Waals surface area contributed by atoms with Crippen molar-refractivity contribution in [1.29, 1.82) is 0 Å². The smallest absolute Gasteiger partial charge is 0.352 e. The maximum atomic E-state index is 13.7. The fraction of sp³-hybridized carbons (Fsp3) is 0.192. The summed E-state index contributed by atoms with van der Waals surface area (Å²) in [6, 6.07) is 20.5. The van der Waals surface area contributed by atoms with Crippen LogP contribution in [0.1, 0.15) is 38.3 Å². The molecule has 0 spiro atoms. The van der Waals surface area contributed by atoms with Crippen molar-refractivity contribution in [3.8, 4) is 0 Å². The molecule has 0 atom stereocenters. The lowest BCUT2D eigenvalue weighted by Crippen LogP contribution is -2.17. The number of carboxylic acids is 1. The second-order valence-corrected chi connectivity index (χ2v) is 7.96. The number of carboxylic acid groups (broad SMARTS) is 1. The average molecular weight is 416 g/mol. The van der Waals surface area contributed by atoms with Gasteiger partial charge in [0.2, 0.25) is 0 Å². The van der Waals surface area contributed by atoms with Gasteiger partial charge >= 0.3 is 5.97 Å². The van der Waals surface area contributed by atoms with Crippen LogP contribution in [0.4, 0.5) is 4.39 Å². The molecule has 158 valence electrons. The predicted molar refractivity (Wildman–Crippen MR) is 121 cm³/mol. The molecule has 0 saturated carbocycles. The van der Waals surface area contributed by atoms with E-state index in [-0.39, 0.29) is 18.1 Å². The minimum Gasteiger partial charge on any atom is -0.477 e. The van der Waals surface area contributed by atoms with E-state index in [9.17, 15) is 14.3 Å². The molecule has 0 radical (unpaired) electrons. The highest BCUT2D eigenvalue weighted by Gasteiger charge is 2.22. The van der Waals surface area contributed by atoms with Gasteiger partial charge in [0.1, 0.15) is 11.5 Å². The number of halogens is 1. The molecule has 5 heteroatoms. The molecule has 4 rings (SSSR count). The van der Waals surface area contributed by atoms with E-state index in [0.717, 1.165) is 33.2 Å². The zero-order valence-electron chi connectivity index (χ0n) is 17.7. The van der Waals surface area contributed by atoms with E-state index in [1.165, 1.54) is 17.7 Å². The molecule has 1 heterocycles. The molecule has 2 N–H and O–H groups in total. The summed E-state index contributed by atoms with van der Waals surface area (Å²) in [6.45, 7) is 5.38. The Morgan fingerprint density at radius 1 is 0.935 bits per heavy atom. The van der Waals surface area contributed by atoms with Crippen LogP contribution in [0.15, 0.2) is 66.7 Å². The van der Waals surface area contributed by atoms with Crippen LogP contribution in [0.2, 0.25) is 0 Å². The number of nitrogens with zero attached hydrogens (tertiary/aromatic N) is 1. The summed E-state index contributed by atoms with van der Waals surface area (Å²) in [7, 11) is 0. The first-order valence-electron chi connectivity index (χ1n) is 10.3. The number of benzene rings is 3. The number of aromatic nitrogens is 1. The molecule has 0 amide bonds. The van der Waals surface area contributed by atoms with Crippen molar-refractivity contribution in [2.75, 3.05) is 0 Å². The quantitative estimate of drug-likeness (QED) is 0.422. The van der Waals surface area contributed by atoms with Crippen molar-refractivity contribution in [3.63, 3.8) is 0 Å². The molecule has 3 aromatic carbocycles. The van der Waals surface area contributed by atoms with Crippen LogP contribution in [0.25, 0.3) is 10.9 Å². The number of hydrogen-bond acceptors (Lipinski definition) is 2. The van der Waals surface area contributed by atoms with E-state index < -0.39 is 5.97 Å². The van der Waals surface area contributed by atoms with Crippen molar-refractivity contribution in [1.82, 2.24) is 9.88 Å². The Morgan fingerprint density at radius 2 is 1.68 bits per heavy atom. The third kappa shape index (κ3) is 4.52. The first-order chi connectivity index (χ1) is 14.9. The molecule has 0 saturated heterocycles. The van der Waals surface area contributed by atoms with Gasteiger partial charge in [0.25, 0.3) is 0 Å². The van der Waals surface area contributed by atoms with Crippen LogP contribution in [0.3, 0.4) is 0 Å². The second kappa shape index (κ2) is 8.74. The first kappa shape index (κ1) is 20.8. The molecular weight excluding hydrogens is 391 g/mol. The third-order valence-electron chi connectivity index (χ3n) is 5.51. The molecule has 4 aromatic rings. The van der Waals surface area contributed by atoms with E-state index in [1.807, 2.05) is 38.1 Å². The monoisotopic (exact) mass is 416 g/mol. The summed E-state index contributed by atoms with van der Waals surface area (Å²) in [5.74, 6) is -1.32. The Balaban J connectivity index is 1.72. The van der Waals surface area contributed by atoms with Crippen LogP contribution < -0.4 is 5.32 Å². The van der Waals surface area contributed by atoms with Crippen molar-refractivity contribution < 1.29 is 14.3 Å². The molecule has 0 unspecified atom stereocenters. The molecular formula is C26H25FN2O2. The zero-order chi connectivity index (χ0) is 22.0. The van der Waals surface area contributed by atoms with E-state index in [1.54, 1.807) is 10.6 Å². The molecule has 31 heavy (non-hydrogen) atoms. The van der Waals surface area contributed by atoms with Crippen LogP contribution in [-0.4, -0.2) is 15.6 Å². The van der Waals surface area contributed by atoms with Gasteiger partial charge in [-0.15, -0.1) is 0 Å². The summed E-state index contributed by atoms with van der Waals surface area (Å²) in [6.07, 6.45) is 0. The minimum atomic E-state index is -0.989. The maximum Gasteiger partial charge on any atom is 0.352 e. The standard InChI is InChI=1S/C26H25FN2O2/c1-17-6-9-19(10-7-17)14-28-15-23-22-11-8-18(2)12-24(22)29(25(23)26(30)31)16-20-4-3-5-21(27)13-20/h3-13,28H,14-16H2,1-2H3,(H,30,31). The predicted octanol–water partition coefficient (Wildman–Crippen LogP) is 5.43. The molecule has 4 nitrogen and oxygen atoms in total. The second-order valence-electron chi connectivity index (χ2n) is 7.96. The highest BCUT2D eigenvalue weighted by molar-refractivity contribution is 5.98. The van der Waals surface area contributed by atoms with Gasteiger partial charge in [-0.3, -0.25) is 0 Å². The van der Waals surface area contributed by atoms with Crippen LogP contribution in [0.5, 0.6) is 0 Å². The van der Waals surface area contributed by atoms with Crippen LogP contribution in [0, 0.1) is 19.7 Å². The summed E-state index contributed by atoms with van der Waals surface area (Å²) < 4.78 is 15.5. The Hall–Kier alpha value is -3.44. The molecule has 1 aromatic heterocycles. The maximum absolute atomic E-state index is 13.7. The third-order valence-corrected chi connectivity index (χ3v) is 5.51. The summed E-state index contributed by atoms with van der Waals surface area (Å²) >= 11 is 0. The number of rotatable bonds is 7. The van der Waals surface area contributed by atoms with Gasteiger partial charge in [-0.25, -0.2) is 9.18 Å². The fourth-order valence-corrected chi connectivity index (χ4v) is 3.97. The SMILES string of the molecule is Cc1ccc(CNCc2c(C(=O)O)n(Cc3cccc(F)c3)c3cc(C)ccc23)cc1. The largest absolute Gasteiger partial charge is 0.477 e. The van der Waals surface area contributed by atoms with Crippen molar-refractivity contribution in [2.24, 2.45) is 0 Å². The van der Waals surface area contributed by atoms with Crippen LogP contribution >= 0.6 is 0 Å². The van der Waals surface area contributed by atoms with Crippen LogP contribution in [-0.2, 0) is 19.6 Å². The van der Waals surface area contributed by atoms with Gasteiger partial charge in [0, 0.05) is 36.1 Å². The number of fused-ring (bicyclic) bond motifs is 1. The Morgan fingerprint density at radius 3 is 2.39 bits per heavy atom. The Labute approximate surface area is 181 Å². The lowest BCUT2D eigenvalue weighted by Gasteiger charge is -2.10. The number of aryl methyl sites for hydroxylation is 2. The topological polar surface area (TPSA) is 54.3 Å². The molecule has 0 fully saturated rings. The molecule has 0 aliphatic rings. The van der Waals surface area contributed by atoms with Gasteiger partial charge in [-0.05, 0) is 48.7 Å². The molecule has 0 aliphatic carbocycles. The number of carbonyl (C=O) groups is 1. The number of nitrogens with one attached hydrogen (secondary N) is 1. The minimum absolute atomic E-state index is 0.237. The van der Waals surface area contributed by atoms with Crippen molar-refractivity contribution >= 4 is 16.9 Å². The lowest BCUT2D eigenvalue weighted by molar-refractivity contribution is 0.0684. The van der Waals surface area contributed by atoms with Crippen molar-refractivity contribution in [2.45, 2.75) is 33.5 Å². The van der Waals surface area contributed by atoms with Gasteiger partial charge in [-0.1, -0.05) is 54.1 Å². The normalized spacial score (nSPS) is 11.2. The van der Waals surface area contributed by atoms with Gasteiger partial charge in [-0.2, -0.15) is 0 Å². The summed E-state index contributed by atoms with van der Waals surface area (Å²) in [5, 5.41) is 14.4. The van der Waals surface area contributed by atoms with Gasteiger partial charge in [0.05, 0.1) is 0 Å². The zero-order valence-corrected chi connectivity index (χ0v) is 17.7. The summed E-state index contributed by atoms with van der Waals surface area (Å²) in [4.78, 5) is 12.3. The average Bonchev–Trinajstić information content (AvgIpc) is 3.02. The first-order valence-corrected chi connectivity index (χ1v) is 10.3. The van der Waals surface area contributed by atoms with E-state index in [0.29, 0.717) is 13.1 Å². The Bertz CT molecular complexity index is 1240. The molecule has 0 bridgehead atoms. The highest BCUT2D eigenvalue weighted by Crippen LogP contribution is 2.29.